The first-order valence-electron chi connectivity index (χ1n) is 4.67. The van der Waals surface area contributed by atoms with Crippen LogP contribution in [0.1, 0.15) is 19.0 Å². The predicted molar refractivity (Wildman–Crippen MR) is 61.3 cm³/mol. The molecule has 0 saturated heterocycles. The fourth-order valence-corrected chi connectivity index (χ4v) is 2.19. The number of rotatable bonds is 3. The van der Waals surface area contributed by atoms with Gasteiger partial charge in [-0.05, 0) is 30.2 Å². The summed E-state index contributed by atoms with van der Waals surface area (Å²) >= 11 is 6.42. The summed E-state index contributed by atoms with van der Waals surface area (Å²) in [5.74, 6) is 0.818. The molecular formula is C8H11N5S2. The van der Waals surface area contributed by atoms with Gasteiger partial charge in [0.2, 0.25) is 0 Å². The molecule has 5 nitrogen and oxygen atoms in total. The van der Waals surface area contributed by atoms with Crippen LogP contribution in [0, 0.1) is 4.77 Å². The first kappa shape index (κ1) is 10.4. The molecule has 0 bridgehead atoms. The van der Waals surface area contributed by atoms with Crippen LogP contribution in [0.5, 0.6) is 0 Å². The van der Waals surface area contributed by atoms with E-state index in [-0.39, 0.29) is 0 Å². The van der Waals surface area contributed by atoms with Gasteiger partial charge in [0.15, 0.2) is 10.6 Å². The molecule has 2 aromatic rings. The molecule has 0 radical (unpaired) electrons. The summed E-state index contributed by atoms with van der Waals surface area (Å²) in [6, 6.07) is 0. The second kappa shape index (κ2) is 4.19. The van der Waals surface area contributed by atoms with Gasteiger partial charge in [-0.2, -0.15) is 5.10 Å². The molecule has 0 aliphatic rings. The van der Waals surface area contributed by atoms with Crippen LogP contribution in [-0.2, 0) is 13.5 Å². The largest absolute Gasteiger partial charge is 0.303 e. The molecule has 0 aromatic carbocycles. The van der Waals surface area contributed by atoms with Crippen molar-refractivity contribution in [2.24, 2.45) is 7.05 Å². The molecule has 0 unspecified atom stereocenters. The number of aromatic amines is 1. The molecule has 2 rings (SSSR count). The van der Waals surface area contributed by atoms with Gasteiger partial charge in [0.25, 0.3) is 0 Å². The van der Waals surface area contributed by atoms with Gasteiger partial charge < -0.3 is 4.57 Å². The third-order valence-electron chi connectivity index (χ3n) is 2.13. The predicted octanol–water partition coefficient (Wildman–Crippen LogP) is 1.95. The third kappa shape index (κ3) is 1.84. The van der Waals surface area contributed by atoms with Crippen LogP contribution in [0.2, 0.25) is 0 Å². The van der Waals surface area contributed by atoms with Crippen LogP contribution in [-0.4, -0.2) is 24.4 Å². The van der Waals surface area contributed by atoms with Crippen LogP contribution in [0.25, 0.3) is 10.7 Å². The number of aryl methyl sites for hydroxylation is 1. The zero-order valence-corrected chi connectivity index (χ0v) is 10.2. The lowest BCUT2D eigenvalue weighted by Gasteiger charge is -1.98. The maximum absolute atomic E-state index is 5.06. The zero-order valence-electron chi connectivity index (χ0n) is 8.52. The van der Waals surface area contributed by atoms with Crippen LogP contribution in [0.3, 0.4) is 0 Å². The Hall–Kier alpha value is -1.08. The normalized spacial score (nSPS) is 10.8. The molecule has 1 N–H and O–H groups in total. The van der Waals surface area contributed by atoms with Gasteiger partial charge in [-0.15, -0.1) is 5.10 Å². The highest BCUT2D eigenvalue weighted by Crippen LogP contribution is 2.24. The highest BCUT2D eigenvalue weighted by Gasteiger charge is 2.14. The van der Waals surface area contributed by atoms with Crippen molar-refractivity contribution < 1.29 is 0 Å². The summed E-state index contributed by atoms with van der Waals surface area (Å²) < 4.78 is 6.41. The van der Waals surface area contributed by atoms with Gasteiger partial charge in [-0.1, -0.05) is 17.8 Å². The Morgan fingerprint density at radius 1 is 1.53 bits per heavy atom. The number of H-pyrrole nitrogens is 1. The topological polar surface area (TPSA) is 59.4 Å². The fourth-order valence-electron chi connectivity index (χ4n) is 1.33. The van der Waals surface area contributed by atoms with E-state index in [0.29, 0.717) is 4.77 Å². The number of nitrogens with one attached hydrogen (secondary N) is 1. The Labute approximate surface area is 96.3 Å². The van der Waals surface area contributed by atoms with E-state index in [9.17, 15) is 0 Å². The monoisotopic (exact) mass is 241 g/mol. The Bertz CT molecular complexity index is 509. The van der Waals surface area contributed by atoms with E-state index >= 15 is 0 Å². The van der Waals surface area contributed by atoms with Crippen molar-refractivity contribution in [2.75, 3.05) is 0 Å². The first-order chi connectivity index (χ1) is 7.24. The van der Waals surface area contributed by atoms with Gasteiger partial charge in [-0.25, -0.2) is 0 Å². The van der Waals surface area contributed by atoms with E-state index in [4.69, 9.17) is 12.2 Å². The summed E-state index contributed by atoms with van der Waals surface area (Å²) in [6.45, 7) is 2.12. The van der Waals surface area contributed by atoms with E-state index in [1.165, 1.54) is 11.5 Å². The minimum Gasteiger partial charge on any atom is -0.303 e. The Morgan fingerprint density at radius 2 is 2.33 bits per heavy atom. The molecule has 0 spiro atoms. The van der Waals surface area contributed by atoms with E-state index in [2.05, 4.69) is 26.7 Å². The summed E-state index contributed by atoms with van der Waals surface area (Å²) in [7, 11) is 1.89. The van der Waals surface area contributed by atoms with Crippen LogP contribution < -0.4 is 0 Å². The van der Waals surface area contributed by atoms with Crippen LogP contribution in [0.15, 0.2) is 0 Å². The van der Waals surface area contributed by atoms with Gasteiger partial charge >= 0.3 is 0 Å². The van der Waals surface area contributed by atoms with E-state index in [1.807, 2.05) is 11.6 Å². The van der Waals surface area contributed by atoms with Crippen molar-refractivity contribution in [1.29, 1.82) is 0 Å². The van der Waals surface area contributed by atoms with Gasteiger partial charge in [0.05, 0.1) is 5.69 Å². The Kier molecular flexibility index (Phi) is 2.92. The summed E-state index contributed by atoms with van der Waals surface area (Å²) in [6.07, 6.45) is 1.97. The van der Waals surface area contributed by atoms with Crippen molar-refractivity contribution in [1.82, 2.24) is 24.4 Å². The molecular weight excluding hydrogens is 230 g/mol. The fraction of sp³-hybridized carbons (Fsp3) is 0.500. The number of hydrogen-bond acceptors (Lipinski definition) is 5. The second-order valence-corrected chi connectivity index (χ2v) is 4.35. The molecule has 0 amide bonds. The van der Waals surface area contributed by atoms with E-state index in [0.717, 1.165) is 29.2 Å². The highest BCUT2D eigenvalue weighted by molar-refractivity contribution is 7.71. The SMILES string of the molecule is CCCc1nnsc1-c1n[nH]c(=S)n1C. The molecule has 0 saturated carbocycles. The lowest BCUT2D eigenvalue weighted by Crippen LogP contribution is -1.94. The lowest BCUT2D eigenvalue weighted by atomic mass is 10.2. The minimum absolute atomic E-state index is 0.612. The average molecular weight is 241 g/mol. The quantitative estimate of drug-likeness (QED) is 0.834. The molecule has 2 heterocycles. The summed E-state index contributed by atoms with van der Waals surface area (Å²) in [5, 5.41) is 11.0. The average Bonchev–Trinajstić information content (AvgIpc) is 2.77. The Morgan fingerprint density at radius 3 is 2.93 bits per heavy atom. The van der Waals surface area contributed by atoms with Gasteiger partial charge in [0, 0.05) is 7.05 Å². The maximum Gasteiger partial charge on any atom is 0.195 e. The molecule has 0 atom stereocenters. The molecule has 2 aromatic heterocycles. The van der Waals surface area contributed by atoms with Crippen molar-refractivity contribution in [2.45, 2.75) is 19.8 Å². The molecule has 80 valence electrons. The van der Waals surface area contributed by atoms with Gasteiger partial charge in [0.1, 0.15) is 4.88 Å². The molecule has 0 fully saturated rings. The van der Waals surface area contributed by atoms with Crippen LogP contribution in [0.4, 0.5) is 0 Å². The van der Waals surface area contributed by atoms with Crippen LogP contribution >= 0.6 is 23.8 Å². The number of nitrogens with zero attached hydrogens (tertiary/aromatic N) is 4. The van der Waals surface area contributed by atoms with E-state index < -0.39 is 0 Å². The minimum atomic E-state index is 0.612. The van der Waals surface area contributed by atoms with Crippen molar-refractivity contribution in [3.05, 3.63) is 10.5 Å². The highest BCUT2D eigenvalue weighted by atomic mass is 32.1. The summed E-state index contributed by atoms with van der Waals surface area (Å²) in [4.78, 5) is 1.01. The standard InChI is InChI=1S/C8H11N5S2/c1-3-4-5-6(15-12-9-5)7-10-11-8(14)13(7)2/h3-4H2,1-2H3,(H,11,14). The maximum atomic E-state index is 5.06. The second-order valence-electron chi connectivity index (χ2n) is 3.21. The van der Waals surface area contributed by atoms with Crippen molar-refractivity contribution in [3.63, 3.8) is 0 Å². The lowest BCUT2D eigenvalue weighted by molar-refractivity contribution is 0.861. The van der Waals surface area contributed by atoms with E-state index in [1.54, 1.807) is 0 Å². The zero-order chi connectivity index (χ0) is 10.8. The number of hydrogen-bond donors (Lipinski definition) is 1. The summed E-state index contributed by atoms with van der Waals surface area (Å²) in [5.41, 5.74) is 1.000. The molecule has 0 aliphatic heterocycles. The van der Waals surface area contributed by atoms with Crippen molar-refractivity contribution >= 4 is 23.8 Å². The molecule has 15 heavy (non-hydrogen) atoms. The Balaban J connectivity index is 2.49. The molecule has 7 heteroatoms. The number of aromatic nitrogens is 5. The smallest absolute Gasteiger partial charge is 0.195 e. The van der Waals surface area contributed by atoms with Crippen molar-refractivity contribution in [3.8, 4) is 10.7 Å². The first-order valence-corrected chi connectivity index (χ1v) is 5.85. The van der Waals surface area contributed by atoms with Gasteiger partial charge in [-0.3, -0.25) is 5.10 Å². The molecule has 0 aliphatic carbocycles. The third-order valence-corrected chi connectivity index (χ3v) is 3.25.